The average Bonchev–Trinajstić information content (AvgIpc) is 3.41. The van der Waals surface area contributed by atoms with Crippen LogP contribution in [-0.4, -0.2) is 38.2 Å². The van der Waals surface area contributed by atoms with E-state index < -0.39 is 0 Å². The van der Waals surface area contributed by atoms with Gasteiger partial charge < -0.3 is 20.5 Å². The smallest absolute Gasteiger partial charge is 0.255 e. The third-order valence-electron chi connectivity index (χ3n) is 7.50. The minimum atomic E-state index is -0.179. The highest BCUT2D eigenvalue weighted by molar-refractivity contribution is 6.14. The van der Waals surface area contributed by atoms with Gasteiger partial charge >= 0.3 is 0 Å². The van der Waals surface area contributed by atoms with Crippen LogP contribution in [-0.2, 0) is 24.2 Å². The third-order valence-corrected chi connectivity index (χ3v) is 7.50. The molecule has 2 heterocycles. The van der Waals surface area contributed by atoms with Crippen molar-refractivity contribution in [3.63, 3.8) is 0 Å². The first kappa shape index (κ1) is 25.4. The maximum absolute atomic E-state index is 13.4. The molecule has 0 atom stereocenters. The summed E-state index contributed by atoms with van der Waals surface area (Å²) in [4.78, 5) is 30.0. The van der Waals surface area contributed by atoms with E-state index in [1.807, 2.05) is 103 Å². The lowest BCUT2D eigenvalue weighted by Crippen LogP contribution is -2.30. The molecule has 6 rings (SSSR count). The Hall–Kier alpha value is -4.91. The van der Waals surface area contributed by atoms with Crippen molar-refractivity contribution in [3.05, 3.63) is 124 Å². The number of carbonyl (C=O) groups is 2. The van der Waals surface area contributed by atoms with Gasteiger partial charge in [-0.05, 0) is 59.5 Å². The normalized spacial score (nSPS) is 13.6. The van der Waals surface area contributed by atoms with Crippen molar-refractivity contribution in [2.24, 2.45) is 5.10 Å². The number of hydrogen-bond donors (Lipinski definition) is 2. The van der Waals surface area contributed by atoms with E-state index in [9.17, 15) is 9.59 Å². The molecule has 0 fully saturated rings. The molecule has 0 saturated carbocycles. The van der Waals surface area contributed by atoms with E-state index in [0.717, 1.165) is 52.3 Å². The molecule has 2 aliphatic heterocycles. The molecule has 7 nitrogen and oxygen atoms in total. The van der Waals surface area contributed by atoms with Gasteiger partial charge in [0.25, 0.3) is 5.91 Å². The lowest BCUT2D eigenvalue weighted by atomic mass is 9.95. The standard InChI is InChI=1S/C33H31N5O2/c1-37(2)28-15-12-25(13-16-28)33(40)35-27-14-11-23-17-18-38(30(23)20-27)31(39)19-22-7-9-24(10-8-22)32-29-6-4-3-5-26(29)21-34-36-32/h3-16,20,34H,17-19,21H2,1-2H3,(H,35,40). The summed E-state index contributed by atoms with van der Waals surface area (Å²) in [5, 5.41) is 7.52. The molecule has 2 aliphatic rings. The van der Waals surface area contributed by atoms with Crippen LogP contribution in [0.5, 0.6) is 0 Å². The molecule has 0 aromatic heterocycles. The number of nitrogens with one attached hydrogen (secondary N) is 2. The molecule has 0 bridgehead atoms. The monoisotopic (exact) mass is 529 g/mol. The highest BCUT2D eigenvalue weighted by atomic mass is 16.2. The molecule has 0 spiro atoms. The second-order valence-corrected chi connectivity index (χ2v) is 10.4. The van der Waals surface area contributed by atoms with E-state index in [2.05, 4.69) is 28.0 Å². The fourth-order valence-electron chi connectivity index (χ4n) is 5.27. The Morgan fingerprint density at radius 2 is 1.70 bits per heavy atom. The number of benzene rings is 4. The van der Waals surface area contributed by atoms with Gasteiger partial charge in [0.1, 0.15) is 0 Å². The highest BCUT2D eigenvalue weighted by Gasteiger charge is 2.25. The van der Waals surface area contributed by atoms with E-state index in [4.69, 9.17) is 0 Å². The van der Waals surface area contributed by atoms with E-state index in [1.165, 1.54) is 5.56 Å². The number of amides is 2. The summed E-state index contributed by atoms with van der Waals surface area (Å²) in [5.41, 5.74) is 12.6. The molecular weight excluding hydrogens is 498 g/mol. The summed E-state index contributed by atoms with van der Waals surface area (Å²) >= 11 is 0. The first-order chi connectivity index (χ1) is 19.5. The minimum Gasteiger partial charge on any atom is -0.378 e. The van der Waals surface area contributed by atoms with Gasteiger partial charge in [-0.3, -0.25) is 9.59 Å². The molecule has 4 aromatic carbocycles. The van der Waals surface area contributed by atoms with Crippen molar-refractivity contribution in [3.8, 4) is 0 Å². The van der Waals surface area contributed by atoms with Crippen molar-refractivity contribution < 1.29 is 9.59 Å². The Morgan fingerprint density at radius 3 is 2.48 bits per heavy atom. The van der Waals surface area contributed by atoms with Crippen molar-refractivity contribution >= 4 is 34.6 Å². The highest BCUT2D eigenvalue weighted by Crippen LogP contribution is 2.32. The summed E-state index contributed by atoms with van der Waals surface area (Å²) in [6.07, 6.45) is 1.10. The fourth-order valence-corrected chi connectivity index (χ4v) is 5.27. The van der Waals surface area contributed by atoms with Crippen LogP contribution in [0.25, 0.3) is 0 Å². The maximum atomic E-state index is 13.4. The lowest BCUT2D eigenvalue weighted by molar-refractivity contribution is -0.117. The summed E-state index contributed by atoms with van der Waals surface area (Å²) in [7, 11) is 3.93. The molecule has 2 amide bonds. The molecule has 4 aromatic rings. The van der Waals surface area contributed by atoms with Gasteiger partial charge in [0, 0.05) is 54.4 Å². The molecule has 0 aliphatic carbocycles. The molecule has 200 valence electrons. The molecule has 0 unspecified atom stereocenters. The first-order valence-electron chi connectivity index (χ1n) is 13.5. The Bertz CT molecular complexity index is 1610. The van der Waals surface area contributed by atoms with E-state index >= 15 is 0 Å². The zero-order valence-electron chi connectivity index (χ0n) is 22.6. The second-order valence-electron chi connectivity index (χ2n) is 10.4. The first-order valence-corrected chi connectivity index (χ1v) is 13.5. The Labute approximate surface area is 234 Å². The summed E-state index contributed by atoms with van der Waals surface area (Å²) < 4.78 is 0. The Balaban J connectivity index is 1.13. The van der Waals surface area contributed by atoms with Crippen LogP contribution in [0.15, 0.2) is 96.1 Å². The third kappa shape index (κ3) is 5.06. The van der Waals surface area contributed by atoms with Crippen LogP contribution in [0, 0.1) is 0 Å². The molecule has 2 N–H and O–H groups in total. The lowest BCUT2D eigenvalue weighted by Gasteiger charge is -2.19. The van der Waals surface area contributed by atoms with Crippen molar-refractivity contribution in [2.45, 2.75) is 19.4 Å². The number of hydrazone groups is 1. The van der Waals surface area contributed by atoms with Gasteiger partial charge in [0.2, 0.25) is 5.91 Å². The number of nitrogens with zero attached hydrogens (tertiary/aromatic N) is 3. The zero-order valence-corrected chi connectivity index (χ0v) is 22.6. The van der Waals surface area contributed by atoms with Gasteiger partial charge in [0.15, 0.2) is 0 Å². The summed E-state index contributed by atoms with van der Waals surface area (Å²) in [6, 6.07) is 29.6. The van der Waals surface area contributed by atoms with Crippen molar-refractivity contribution in [2.75, 3.05) is 35.8 Å². The van der Waals surface area contributed by atoms with Crippen molar-refractivity contribution in [1.29, 1.82) is 0 Å². The molecule has 40 heavy (non-hydrogen) atoms. The van der Waals surface area contributed by atoms with E-state index in [0.29, 0.717) is 24.2 Å². The van der Waals surface area contributed by atoms with E-state index in [-0.39, 0.29) is 11.8 Å². The van der Waals surface area contributed by atoms with Crippen LogP contribution in [0.3, 0.4) is 0 Å². The largest absolute Gasteiger partial charge is 0.378 e. The Kier molecular flexibility index (Phi) is 6.78. The number of anilines is 3. The average molecular weight is 530 g/mol. The fraction of sp³-hybridized carbons (Fsp3) is 0.182. The Morgan fingerprint density at radius 1 is 0.925 bits per heavy atom. The van der Waals surface area contributed by atoms with Gasteiger partial charge in [-0.25, -0.2) is 0 Å². The molecule has 7 heteroatoms. The summed E-state index contributed by atoms with van der Waals surface area (Å²) in [5.74, 6) is -0.141. The number of fused-ring (bicyclic) bond motifs is 2. The van der Waals surface area contributed by atoms with Crippen LogP contribution in [0.2, 0.25) is 0 Å². The van der Waals surface area contributed by atoms with E-state index in [1.54, 1.807) is 0 Å². The predicted molar refractivity (Wildman–Crippen MR) is 160 cm³/mol. The van der Waals surface area contributed by atoms with Crippen LogP contribution < -0.4 is 20.5 Å². The number of carbonyl (C=O) groups excluding carboxylic acids is 2. The van der Waals surface area contributed by atoms with Crippen molar-refractivity contribution in [1.82, 2.24) is 5.43 Å². The van der Waals surface area contributed by atoms with Crippen LogP contribution >= 0.6 is 0 Å². The van der Waals surface area contributed by atoms with Crippen LogP contribution in [0.1, 0.15) is 38.2 Å². The maximum Gasteiger partial charge on any atom is 0.255 e. The van der Waals surface area contributed by atoms with Gasteiger partial charge in [-0.1, -0.05) is 54.6 Å². The summed E-state index contributed by atoms with van der Waals surface area (Å²) in [6.45, 7) is 1.35. The second kappa shape index (κ2) is 10.7. The van der Waals surface area contributed by atoms with Gasteiger partial charge in [-0.2, -0.15) is 5.10 Å². The quantitative estimate of drug-likeness (QED) is 0.369. The zero-order chi connectivity index (χ0) is 27.6. The minimum absolute atomic E-state index is 0.0382. The molecular formula is C33H31N5O2. The topological polar surface area (TPSA) is 77.0 Å². The SMILES string of the molecule is CN(C)c1ccc(C(=O)Nc2ccc3c(c2)N(C(=O)Cc2ccc(C4=NNCc5ccccc54)cc2)CC3)cc1. The van der Waals surface area contributed by atoms with Crippen LogP contribution in [0.4, 0.5) is 17.1 Å². The molecule has 0 radical (unpaired) electrons. The molecule has 0 saturated heterocycles. The predicted octanol–water partition coefficient (Wildman–Crippen LogP) is 4.99. The number of hydrogen-bond acceptors (Lipinski definition) is 5. The number of rotatable bonds is 6. The van der Waals surface area contributed by atoms with Gasteiger partial charge in [-0.15, -0.1) is 0 Å². The van der Waals surface area contributed by atoms with Gasteiger partial charge in [0.05, 0.1) is 18.7 Å².